The van der Waals surface area contributed by atoms with Crippen LogP contribution in [-0.4, -0.2) is 35.5 Å². The van der Waals surface area contributed by atoms with Crippen molar-refractivity contribution in [2.24, 2.45) is 0 Å². The van der Waals surface area contributed by atoms with Crippen molar-refractivity contribution < 1.29 is 36.3 Å². The van der Waals surface area contributed by atoms with Gasteiger partial charge in [0.2, 0.25) is 5.82 Å². The molecule has 1 amide bonds. The van der Waals surface area contributed by atoms with Gasteiger partial charge >= 0.3 is 5.97 Å². The van der Waals surface area contributed by atoms with Gasteiger partial charge in [-0.1, -0.05) is 30.3 Å². The number of ether oxygens (including phenoxy) is 1. The first-order valence-corrected chi connectivity index (χ1v) is 10.2. The molecule has 1 spiro atoms. The summed E-state index contributed by atoms with van der Waals surface area (Å²) in [5.74, 6) is -13.0. The molecule has 2 aromatic carbocycles. The van der Waals surface area contributed by atoms with Gasteiger partial charge in [-0.05, 0) is 12.5 Å². The van der Waals surface area contributed by atoms with E-state index in [-0.39, 0.29) is 24.0 Å². The topological polar surface area (TPSA) is 58.6 Å². The molecule has 5 nitrogen and oxygen atoms in total. The molecule has 0 aliphatic carbocycles. The van der Waals surface area contributed by atoms with E-state index < -0.39 is 52.3 Å². The minimum absolute atomic E-state index is 0.0760. The maximum atomic E-state index is 14.1. The van der Waals surface area contributed by atoms with E-state index in [0.717, 1.165) is 5.56 Å². The lowest BCUT2D eigenvalue weighted by atomic mass is 9.82. The van der Waals surface area contributed by atoms with Crippen molar-refractivity contribution in [1.82, 2.24) is 4.90 Å². The summed E-state index contributed by atoms with van der Waals surface area (Å²) < 4.78 is 74.0. The summed E-state index contributed by atoms with van der Waals surface area (Å²) in [6, 6.07) is 9.65. The zero-order valence-corrected chi connectivity index (χ0v) is 17.5. The van der Waals surface area contributed by atoms with E-state index in [0.29, 0.717) is 19.6 Å². The highest BCUT2D eigenvalue weighted by Gasteiger charge is 2.51. The molecule has 0 aromatic heterocycles. The van der Waals surface area contributed by atoms with E-state index in [4.69, 9.17) is 4.74 Å². The fourth-order valence-corrected chi connectivity index (χ4v) is 4.28. The van der Waals surface area contributed by atoms with Crippen LogP contribution < -0.4 is 5.32 Å². The summed E-state index contributed by atoms with van der Waals surface area (Å²) in [5, 5.41) is 1.76. The number of halogens is 5. The van der Waals surface area contributed by atoms with Crippen LogP contribution in [0.3, 0.4) is 0 Å². The fraction of sp³-hybridized carbons (Fsp3) is 0.304. The molecule has 0 unspecified atom stereocenters. The smallest absolute Gasteiger partial charge is 0.335 e. The van der Waals surface area contributed by atoms with Crippen molar-refractivity contribution in [3.8, 4) is 0 Å². The van der Waals surface area contributed by atoms with Crippen molar-refractivity contribution in [3.05, 3.63) is 76.1 Å². The van der Waals surface area contributed by atoms with Gasteiger partial charge in [0.15, 0.2) is 23.3 Å². The lowest BCUT2D eigenvalue weighted by molar-refractivity contribution is -0.150. The van der Waals surface area contributed by atoms with E-state index in [1.54, 1.807) is 5.32 Å². The maximum Gasteiger partial charge on any atom is 0.335 e. The lowest BCUT2D eigenvalue weighted by Gasteiger charge is -2.39. The summed E-state index contributed by atoms with van der Waals surface area (Å²) in [4.78, 5) is 27.3. The molecule has 174 valence electrons. The molecule has 33 heavy (non-hydrogen) atoms. The number of nitrogens with one attached hydrogen (secondary N) is 1. The molecular weight excluding hydrogens is 447 g/mol. The van der Waals surface area contributed by atoms with Crippen molar-refractivity contribution in [3.63, 3.8) is 0 Å². The number of amides is 1. The van der Waals surface area contributed by atoms with Crippen molar-refractivity contribution in [1.29, 1.82) is 0 Å². The average molecular weight is 466 g/mol. The number of hydrogen-bond acceptors (Lipinski definition) is 4. The molecule has 2 aliphatic heterocycles. The Morgan fingerprint density at radius 1 is 0.970 bits per heavy atom. The van der Waals surface area contributed by atoms with E-state index in [2.05, 4.69) is 4.90 Å². The Bertz CT molecular complexity index is 1130. The van der Waals surface area contributed by atoms with Gasteiger partial charge in [-0.25, -0.2) is 26.7 Å². The number of likely N-dealkylation sites (tertiary alicyclic amines) is 1. The first-order valence-electron chi connectivity index (χ1n) is 10.2. The molecule has 1 N–H and O–H groups in total. The molecule has 2 heterocycles. The molecular formula is C23H19F5N2O3. The van der Waals surface area contributed by atoms with Crippen LogP contribution in [0.25, 0.3) is 0 Å². The van der Waals surface area contributed by atoms with E-state index >= 15 is 0 Å². The Morgan fingerprint density at radius 3 is 2.09 bits per heavy atom. The van der Waals surface area contributed by atoms with Crippen LogP contribution >= 0.6 is 0 Å². The third kappa shape index (κ3) is 3.99. The van der Waals surface area contributed by atoms with Gasteiger partial charge in [0, 0.05) is 38.0 Å². The highest BCUT2D eigenvalue weighted by molar-refractivity contribution is 6.12. The standard InChI is InChI=1S/C23H19F5N2O3/c1-12-14(21(31)29-20-18(27)16(25)15(24)17(26)19(20)28)23(33-22(12)32)7-9-30(10-8-23)11-13-5-3-2-4-6-13/h2-6H,7-11H2,1H3,(H,29,31). The predicted molar refractivity (Wildman–Crippen MR) is 107 cm³/mol. The Kier molecular flexibility index (Phi) is 5.96. The normalized spacial score (nSPS) is 18.1. The van der Waals surface area contributed by atoms with Crippen LogP contribution in [0.15, 0.2) is 41.5 Å². The molecule has 0 atom stereocenters. The van der Waals surface area contributed by atoms with Gasteiger partial charge < -0.3 is 10.1 Å². The number of esters is 1. The number of carbonyl (C=O) groups is 2. The molecule has 2 aliphatic rings. The Balaban J connectivity index is 1.57. The molecule has 0 bridgehead atoms. The Morgan fingerprint density at radius 2 is 1.52 bits per heavy atom. The molecule has 1 saturated heterocycles. The van der Waals surface area contributed by atoms with Gasteiger partial charge in [-0.2, -0.15) is 0 Å². The van der Waals surface area contributed by atoms with Gasteiger partial charge in [0.05, 0.1) is 5.57 Å². The average Bonchev–Trinajstić information content (AvgIpc) is 3.05. The van der Waals surface area contributed by atoms with E-state index in [9.17, 15) is 31.5 Å². The van der Waals surface area contributed by atoms with E-state index in [1.165, 1.54) is 6.92 Å². The molecule has 0 radical (unpaired) electrons. The first-order chi connectivity index (χ1) is 15.6. The number of benzene rings is 2. The molecule has 0 saturated carbocycles. The molecule has 4 rings (SSSR count). The molecule has 2 aromatic rings. The monoisotopic (exact) mass is 466 g/mol. The van der Waals surface area contributed by atoms with Crippen molar-refractivity contribution in [2.45, 2.75) is 31.9 Å². The number of hydrogen-bond donors (Lipinski definition) is 1. The van der Waals surface area contributed by atoms with Crippen LogP contribution in [0, 0.1) is 29.1 Å². The molecule has 10 heteroatoms. The second-order valence-corrected chi connectivity index (χ2v) is 8.04. The van der Waals surface area contributed by atoms with Crippen LogP contribution in [0.2, 0.25) is 0 Å². The van der Waals surface area contributed by atoms with Crippen molar-refractivity contribution in [2.75, 3.05) is 18.4 Å². The quantitative estimate of drug-likeness (QED) is 0.317. The number of piperidine rings is 1. The zero-order chi connectivity index (χ0) is 23.9. The number of rotatable bonds is 4. The first kappa shape index (κ1) is 22.9. The van der Waals surface area contributed by atoms with Crippen LogP contribution in [0.4, 0.5) is 27.6 Å². The number of anilines is 1. The van der Waals surface area contributed by atoms with Crippen LogP contribution in [0.1, 0.15) is 25.3 Å². The summed E-state index contributed by atoms with van der Waals surface area (Å²) in [5.41, 5.74) is -1.99. The van der Waals surface area contributed by atoms with Gasteiger partial charge in [0.25, 0.3) is 5.91 Å². The zero-order valence-electron chi connectivity index (χ0n) is 17.5. The van der Waals surface area contributed by atoms with Gasteiger partial charge in [-0.15, -0.1) is 0 Å². The molecule has 1 fully saturated rings. The summed E-state index contributed by atoms with van der Waals surface area (Å²) in [6.45, 7) is 2.87. The van der Waals surface area contributed by atoms with Gasteiger partial charge in [0.1, 0.15) is 11.3 Å². The summed E-state index contributed by atoms with van der Waals surface area (Å²) in [7, 11) is 0. The summed E-state index contributed by atoms with van der Waals surface area (Å²) >= 11 is 0. The predicted octanol–water partition coefficient (Wildman–Crippen LogP) is 4.23. The van der Waals surface area contributed by atoms with Crippen molar-refractivity contribution >= 4 is 17.6 Å². The third-order valence-corrected chi connectivity index (χ3v) is 6.01. The minimum Gasteiger partial charge on any atom is -0.450 e. The number of nitrogens with zero attached hydrogens (tertiary/aromatic N) is 1. The van der Waals surface area contributed by atoms with Crippen LogP contribution in [-0.2, 0) is 20.9 Å². The lowest BCUT2D eigenvalue weighted by Crippen LogP contribution is -2.47. The van der Waals surface area contributed by atoms with E-state index in [1.807, 2.05) is 30.3 Å². The van der Waals surface area contributed by atoms with Crippen LogP contribution in [0.5, 0.6) is 0 Å². The summed E-state index contributed by atoms with van der Waals surface area (Å²) in [6.07, 6.45) is 0.450. The largest absolute Gasteiger partial charge is 0.450 e. The third-order valence-electron chi connectivity index (χ3n) is 6.01. The highest BCUT2D eigenvalue weighted by atomic mass is 19.2. The van der Waals surface area contributed by atoms with Gasteiger partial charge in [-0.3, -0.25) is 9.69 Å². The number of carbonyl (C=O) groups excluding carboxylic acids is 2. The minimum atomic E-state index is -2.33. The Labute approximate surface area is 185 Å². The Hall–Kier alpha value is -3.27. The second-order valence-electron chi connectivity index (χ2n) is 8.04. The fourth-order valence-electron chi connectivity index (χ4n) is 4.28. The second kappa shape index (κ2) is 8.58. The SMILES string of the molecule is CC1=C(C(=O)Nc2c(F)c(F)c(F)c(F)c2F)C2(CCN(Cc3ccccc3)CC2)OC1=O. The maximum absolute atomic E-state index is 14.1. The highest BCUT2D eigenvalue weighted by Crippen LogP contribution is 2.42.